The molecule has 0 bridgehead atoms. The highest BCUT2D eigenvalue weighted by Crippen LogP contribution is 2.31. The van der Waals surface area contributed by atoms with E-state index < -0.39 is 4.92 Å². The van der Waals surface area contributed by atoms with Crippen LogP contribution in [0.3, 0.4) is 0 Å². The molecule has 0 unspecified atom stereocenters. The minimum atomic E-state index is -0.586. The Morgan fingerprint density at radius 2 is 2.03 bits per heavy atom. The molecular weight excluding hydrogens is 412 g/mol. The van der Waals surface area contributed by atoms with Gasteiger partial charge >= 0.3 is 0 Å². The molecule has 150 valence electrons. The number of halogens is 1. The molecule has 0 spiro atoms. The van der Waals surface area contributed by atoms with Gasteiger partial charge in [0.25, 0.3) is 11.6 Å². The number of carbonyl (C=O) groups excluding carboxylic acids is 1. The lowest BCUT2D eigenvalue weighted by Gasteiger charge is -2.31. The molecule has 2 aromatic carbocycles. The van der Waals surface area contributed by atoms with Crippen LogP contribution in [0, 0.1) is 16.0 Å². The standard InChI is InChI=1S/C20H19ClN4O3S/c21-15-6-5-14(11-17(15)25(27)28)19(26)22-12-13-7-9-24(10-8-13)20-23-16-3-1-2-4-18(16)29-20/h1-6,11,13H,7-10,12H2,(H,22,26). The van der Waals surface area contributed by atoms with Crippen molar-refractivity contribution in [3.05, 3.63) is 63.2 Å². The van der Waals surface area contributed by atoms with Crippen LogP contribution in [0.25, 0.3) is 10.2 Å². The number of hydrogen-bond acceptors (Lipinski definition) is 6. The van der Waals surface area contributed by atoms with Gasteiger partial charge in [-0.1, -0.05) is 35.1 Å². The van der Waals surface area contributed by atoms with Gasteiger partial charge in [-0.05, 0) is 43.0 Å². The molecular formula is C20H19ClN4O3S. The first kappa shape index (κ1) is 19.6. The maximum absolute atomic E-state index is 12.4. The molecule has 1 fully saturated rings. The van der Waals surface area contributed by atoms with E-state index in [9.17, 15) is 14.9 Å². The predicted octanol–water partition coefficient (Wildman–Crippen LogP) is 4.50. The summed E-state index contributed by atoms with van der Waals surface area (Å²) in [5, 5.41) is 14.9. The Labute approximate surface area is 176 Å². The Kier molecular flexibility index (Phi) is 5.64. The van der Waals surface area contributed by atoms with Gasteiger partial charge in [0.2, 0.25) is 0 Å². The van der Waals surface area contributed by atoms with Gasteiger partial charge in [0.05, 0.1) is 15.1 Å². The van der Waals surface area contributed by atoms with Crippen molar-refractivity contribution in [1.29, 1.82) is 0 Å². The summed E-state index contributed by atoms with van der Waals surface area (Å²) in [6, 6.07) is 12.2. The molecule has 0 saturated carbocycles. The molecule has 0 aliphatic carbocycles. The molecule has 0 atom stereocenters. The molecule has 3 aromatic rings. The SMILES string of the molecule is O=C(NCC1CCN(c2nc3ccccc3s2)CC1)c1ccc(Cl)c([N+](=O)[O-])c1. The fraction of sp³-hybridized carbons (Fsp3) is 0.300. The van der Waals surface area contributed by atoms with Crippen molar-refractivity contribution in [3.8, 4) is 0 Å². The number of rotatable bonds is 5. The molecule has 4 rings (SSSR count). The van der Waals surface area contributed by atoms with Crippen LogP contribution in [-0.2, 0) is 0 Å². The summed E-state index contributed by atoms with van der Waals surface area (Å²) in [7, 11) is 0. The van der Waals surface area contributed by atoms with Gasteiger partial charge in [0.1, 0.15) is 5.02 Å². The highest BCUT2D eigenvalue weighted by Gasteiger charge is 2.23. The minimum Gasteiger partial charge on any atom is -0.352 e. The molecule has 0 radical (unpaired) electrons. The highest BCUT2D eigenvalue weighted by atomic mass is 35.5. The van der Waals surface area contributed by atoms with E-state index in [1.165, 1.54) is 22.9 Å². The number of piperidine rings is 1. The number of nitrogens with zero attached hydrogens (tertiary/aromatic N) is 3. The predicted molar refractivity (Wildman–Crippen MR) is 115 cm³/mol. The maximum atomic E-state index is 12.4. The quantitative estimate of drug-likeness (QED) is 0.475. The Balaban J connectivity index is 1.31. The first-order valence-electron chi connectivity index (χ1n) is 9.34. The molecule has 1 aliphatic rings. The highest BCUT2D eigenvalue weighted by molar-refractivity contribution is 7.22. The third-order valence-corrected chi connectivity index (χ3v) is 6.54. The van der Waals surface area contributed by atoms with Gasteiger partial charge in [-0.3, -0.25) is 14.9 Å². The van der Waals surface area contributed by atoms with Crippen molar-refractivity contribution in [2.45, 2.75) is 12.8 Å². The molecule has 1 aliphatic heterocycles. The topological polar surface area (TPSA) is 88.4 Å². The summed E-state index contributed by atoms with van der Waals surface area (Å²) in [5.74, 6) is 0.0465. The van der Waals surface area contributed by atoms with Crippen LogP contribution >= 0.6 is 22.9 Å². The zero-order valence-corrected chi connectivity index (χ0v) is 17.1. The van der Waals surface area contributed by atoms with Crippen LogP contribution in [0.4, 0.5) is 10.8 Å². The van der Waals surface area contributed by atoms with Crippen molar-refractivity contribution >= 4 is 49.9 Å². The first-order valence-corrected chi connectivity index (χ1v) is 10.5. The molecule has 1 aromatic heterocycles. The number of benzene rings is 2. The van der Waals surface area contributed by atoms with Gasteiger partial charge in [-0.15, -0.1) is 0 Å². The average Bonchev–Trinajstić information content (AvgIpc) is 3.17. The van der Waals surface area contributed by atoms with E-state index >= 15 is 0 Å². The van der Waals surface area contributed by atoms with E-state index in [0.717, 1.165) is 36.6 Å². The fourth-order valence-corrected chi connectivity index (χ4v) is 4.66. The number of hydrogen-bond donors (Lipinski definition) is 1. The number of anilines is 1. The van der Waals surface area contributed by atoms with E-state index in [0.29, 0.717) is 12.5 Å². The number of nitrogens with one attached hydrogen (secondary N) is 1. The van der Waals surface area contributed by atoms with Crippen molar-refractivity contribution in [2.24, 2.45) is 5.92 Å². The average molecular weight is 431 g/mol. The third kappa shape index (κ3) is 4.33. The lowest BCUT2D eigenvalue weighted by Crippen LogP contribution is -2.38. The van der Waals surface area contributed by atoms with E-state index in [1.807, 2.05) is 18.2 Å². The van der Waals surface area contributed by atoms with E-state index in [1.54, 1.807) is 11.3 Å². The lowest BCUT2D eigenvalue weighted by atomic mass is 9.97. The molecule has 9 heteroatoms. The van der Waals surface area contributed by atoms with Gasteiger partial charge < -0.3 is 10.2 Å². The second kappa shape index (κ2) is 8.34. The van der Waals surface area contributed by atoms with Crippen LogP contribution in [0.1, 0.15) is 23.2 Å². The molecule has 2 heterocycles. The summed E-state index contributed by atoms with van der Waals surface area (Å²) in [6.45, 7) is 2.34. The number of thiazole rings is 1. The lowest BCUT2D eigenvalue weighted by molar-refractivity contribution is -0.384. The Morgan fingerprint density at radius 1 is 1.28 bits per heavy atom. The Bertz CT molecular complexity index is 1030. The number of nitro groups is 1. The van der Waals surface area contributed by atoms with Crippen molar-refractivity contribution in [2.75, 3.05) is 24.5 Å². The number of aromatic nitrogens is 1. The van der Waals surface area contributed by atoms with Gasteiger partial charge in [0, 0.05) is 31.3 Å². The van der Waals surface area contributed by atoms with E-state index in [4.69, 9.17) is 16.6 Å². The smallest absolute Gasteiger partial charge is 0.288 e. The van der Waals surface area contributed by atoms with Crippen molar-refractivity contribution < 1.29 is 9.72 Å². The number of amides is 1. The van der Waals surface area contributed by atoms with Crippen LogP contribution in [-0.4, -0.2) is 35.4 Å². The Hall–Kier alpha value is -2.71. The van der Waals surface area contributed by atoms with Gasteiger partial charge in [-0.2, -0.15) is 0 Å². The van der Waals surface area contributed by atoms with E-state index in [-0.39, 0.29) is 22.2 Å². The molecule has 1 saturated heterocycles. The van der Waals surface area contributed by atoms with E-state index in [2.05, 4.69) is 16.3 Å². The van der Waals surface area contributed by atoms with Crippen molar-refractivity contribution in [1.82, 2.24) is 10.3 Å². The number of nitro benzene ring substituents is 1. The summed E-state index contributed by atoms with van der Waals surface area (Å²) < 4.78 is 1.19. The fourth-order valence-electron chi connectivity index (χ4n) is 3.46. The van der Waals surface area contributed by atoms with Crippen LogP contribution in [0.2, 0.25) is 5.02 Å². The van der Waals surface area contributed by atoms with Crippen LogP contribution < -0.4 is 10.2 Å². The largest absolute Gasteiger partial charge is 0.352 e. The molecule has 1 amide bonds. The summed E-state index contributed by atoms with van der Waals surface area (Å²) in [5.41, 5.74) is 1.01. The third-order valence-electron chi connectivity index (χ3n) is 5.12. The Morgan fingerprint density at radius 3 is 2.76 bits per heavy atom. The normalized spacial score (nSPS) is 14.9. The molecule has 29 heavy (non-hydrogen) atoms. The number of carbonyl (C=O) groups is 1. The zero-order chi connectivity index (χ0) is 20.4. The maximum Gasteiger partial charge on any atom is 0.288 e. The number of fused-ring (bicyclic) bond motifs is 1. The second-order valence-corrected chi connectivity index (χ2v) is 8.44. The summed E-state index contributed by atoms with van der Waals surface area (Å²) >= 11 is 7.51. The summed E-state index contributed by atoms with van der Waals surface area (Å²) in [4.78, 5) is 29.8. The molecule has 1 N–H and O–H groups in total. The van der Waals surface area contributed by atoms with Crippen LogP contribution in [0.15, 0.2) is 42.5 Å². The monoisotopic (exact) mass is 430 g/mol. The minimum absolute atomic E-state index is 0.0220. The van der Waals surface area contributed by atoms with Crippen molar-refractivity contribution in [3.63, 3.8) is 0 Å². The first-order chi connectivity index (χ1) is 14.0. The molecule has 7 nitrogen and oxygen atoms in total. The number of para-hydroxylation sites is 1. The van der Waals surface area contributed by atoms with Crippen LogP contribution in [0.5, 0.6) is 0 Å². The zero-order valence-electron chi connectivity index (χ0n) is 15.5. The van der Waals surface area contributed by atoms with Gasteiger partial charge in [0.15, 0.2) is 5.13 Å². The summed E-state index contributed by atoms with van der Waals surface area (Å²) in [6.07, 6.45) is 1.91. The van der Waals surface area contributed by atoms with Gasteiger partial charge in [-0.25, -0.2) is 4.98 Å². The second-order valence-electron chi connectivity index (χ2n) is 7.03.